The van der Waals surface area contributed by atoms with Gasteiger partial charge in [0.05, 0.1) is 12.8 Å². The molecule has 0 aliphatic carbocycles. The Morgan fingerprint density at radius 1 is 1.10 bits per heavy atom. The van der Waals surface area contributed by atoms with Gasteiger partial charge in [0.25, 0.3) is 5.91 Å². The van der Waals surface area contributed by atoms with Crippen molar-refractivity contribution in [2.75, 3.05) is 12.4 Å². The zero-order valence-corrected chi connectivity index (χ0v) is 11.2. The second kappa shape index (κ2) is 5.52. The summed E-state index contributed by atoms with van der Waals surface area (Å²) in [4.78, 5) is 12.1. The average molecular weight is 273 g/mol. The molecule has 20 heavy (non-hydrogen) atoms. The van der Waals surface area contributed by atoms with Gasteiger partial charge in [0.2, 0.25) is 0 Å². The zero-order chi connectivity index (χ0) is 14.7. The number of phenolic OH excluding ortho intramolecular Hbond substituents is 2. The van der Waals surface area contributed by atoms with E-state index < -0.39 is 5.91 Å². The van der Waals surface area contributed by atoms with Crippen LogP contribution in [0.1, 0.15) is 15.9 Å². The Morgan fingerprint density at radius 2 is 1.85 bits per heavy atom. The van der Waals surface area contributed by atoms with Crippen molar-refractivity contribution in [3.63, 3.8) is 0 Å². The molecule has 3 N–H and O–H groups in total. The molecule has 104 valence electrons. The SMILES string of the molecule is COc1ccc(C)cc1NC(=O)c1ccc(O)c(O)c1. The molecule has 0 aliphatic heterocycles. The number of phenols is 2. The van der Waals surface area contributed by atoms with Gasteiger partial charge in [-0.15, -0.1) is 0 Å². The van der Waals surface area contributed by atoms with Gasteiger partial charge in [-0.25, -0.2) is 0 Å². The fraction of sp³-hybridized carbons (Fsp3) is 0.133. The number of methoxy groups -OCH3 is 1. The van der Waals surface area contributed by atoms with Crippen LogP contribution in [0.4, 0.5) is 5.69 Å². The molecule has 0 atom stereocenters. The van der Waals surface area contributed by atoms with Gasteiger partial charge in [-0.2, -0.15) is 0 Å². The van der Waals surface area contributed by atoms with Gasteiger partial charge in [0.1, 0.15) is 5.75 Å². The number of carbonyl (C=O) groups excluding carboxylic acids is 1. The van der Waals surface area contributed by atoms with E-state index in [2.05, 4.69) is 5.32 Å². The van der Waals surface area contributed by atoms with Crippen molar-refractivity contribution in [3.8, 4) is 17.2 Å². The van der Waals surface area contributed by atoms with Crippen LogP contribution in [0.2, 0.25) is 0 Å². The normalized spacial score (nSPS) is 10.1. The maximum Gasteiger partial charge on any atom is 0.255 e. The van der Waals surface area contributed by atoms with Crippen LogP contribution in [0.5, 0.6) is 17.2 Å². The number of aryl methyl sites for hydroxylation is 1. The maximum absolute atomic E-state index is 12.1. The number of benzene rings is 2. The lowest BCUT2D eigenvalue weighted by Crippen LogP contribution is -2.12. The molecule has 0 saturated heterocycles. The van der Waals surface area contributed by atoms with E-state index in [9.17, 15) is 15.0 Å². The Hall–Kier alpha value is -2.69. The molecule has 0 bridgehead atoms. The van der Waals surface area contributed by atoms with Gasteiger partial charge in [-0.3, -0.25) is 4.79 Å². The second-order valence-electron chi connectivity index (χ2n) is 4.36. The largest absolute Gasteiger partial charge is 0.504 e. The first kappa shape index (κ1) is 13.7. The summed E-state index contributed by atoms with van der Waals surface area (Å²) < 4.78 is 5.18. The Kier molecular flexibility index (Phi) is 3.79. The van der Waals surface area contributed by atoms with Crippen LogP contribution >= 0.6 is 0 Å². The van der Waals surface area contributed by atoms with E-state index in [0.717, 1.165) is 5.56 Å². The average Bonchev–Trinajstić information content (AvgIpc) is 2.42. The molecule has 0 spiro atoms. The first-order chi connectivity index (χ1) is 9.51. The number of amides is 1. The number of hydrogen-bond acceptors (Lipinski definition) is 4. The van der Waals surface area contributed by atoms with Crippen LogP contribution < -0.4 is 10.1 Å². The van der Waals surface area contributed by atoms with Crippen LogP contribution in [0, 0.1) is 6.92 Å². The van der Waals surface area contributed by atoms with E-state index in [4.69, 9.17) is 4.74 Å². The van der Waals surface area contributed by atoms with Gasteiger partial charge < -0.3 is 20.3 Å². The molecular weight excluding hydrogens is 258 g/mol. The highest BCUT2D eigenvalue weighted by Crippen LogP contribution is 2.28. The van der Waals surface area contributed by atoms with Crippen molar-refractivity contribution in [2.24, 2.45) is 0 Å². The van der Waals surface area contributed by atoms with Gasteiger partial charge in [0.15, 0.2) is 11.5 Å². The minimum atomic E-state index is -0.399. The summed E-state index contributed by atoms with van der Waals surface area (Å²) in [7, 11) is 1.52. The minimum absolute atomic E-state index is 0.240. The molecule has 5 heteroatoms. The minimum Gasteiger partial charge on any atom is -0.504 e. The molecule has 2 aromatic rings. The van der Waals surface area contributed by atoms with Crippen LogP contribution in [-0.2, 0) is 0 Å². The molecule has 2 aromatic carbocycles. The number of carbonyl (C=O) groups is 1. The first-order valence-electron chi connectivity index (χ1n) is 5.99. The summed E-state index contributed by atoms with van der Waals surface area (Å²) in [6.07, 6.45) is 0. The summed E-state index contributed by atoms with van der Waals surface area (Å²) in [5, 5.41) is 21.3. The fourth-order valence-corrected chi connectivity index (χ4v) is 1.78. The van der Waals surface area contributed by atoms with Crippen molar-refractivity contribution in [1.29, 1.82) is 0 Å². The number of nitrogens with one attached hydrogen (secondary N) is 1. The fourth-order valence-electron chi connectivity index (χ4n) is 1.78. The van der Waals surface area contributed by atoms with Crippen LogP contribution in [0.25, 0.3) is 0 Å². The third-order valence-electron chi connectivity index (χ3n) is 2.84. The number of rotatable bonds is 3. The zero-order valence-electron chi connectivity index (χ0n) is 11.2. The van der Waals surface area contributed by atoms with Gasteiger partial charge in [-0.1, -0.05) is 6.07 Å². The molecule has 1 amide bonds. The third-order valence-corrected chi connectivity index (χ3v) is 2.84. The molecule has 0 aromatic heterocycles. The Bertz CT molecular complexity index is 652. The molecular formula is C15H15NO4. The molecule has 5 nitrogen and oxygen atoms in total. The summed E-state index contributed by atoms with van der Waals surface area (Å²) in [6, 6.07) is 9.31. The molecule has 2 rings (SSSR count). The monoisotopic (exact) mass is 273 g/mol. The van der Waals surface area contributed by atoms with E-state index in [-0.39, 0.29) is 17.1 Å². The molecule has 0 heterocycles. The van der Waals surface area contributed by atoms with Crippen LogP contribution in [0.3, 0.4) is 0 Å². The quantitative estimate of drug-likeness (QED) is 0.751. The maximum atomic E-state index is 12.1. The van der Waals surface area contributed by atoms with Gasteiger partial charge in [0, 0.05) is 5.56 Å². The van der Waals surface area contributed by atoms with E-state index in [0.29, 0.717) is 11.4 Å². The number of anilines is 1. The second-order valence-corrected chi connectivity index (χ2v) is 4.36. The lowest BCUT2D eigenvalue weighted by Gasteiger charge is -2.11. The molecule has 0 radical (unpaired) electrons. The first-order valence-corrected chi connectivity index (χ1v) is 5.99. The molecule has 0 aliphatic rings. The predicted octanol–water partition coefficient (Wildman–Crippen LogP) is 2.67. The molecule has 0 saturated carbocycles. The summed E-state index contributed by atoms with van der Waals surface area (Å²) >= 11 is 0. The lowest BCUT2D eigenvalue weighted by atomic mass is 10.1. The van der Waals surface area contributed by atoms with Gasteiger partial charge in [-0.05, 0) is 42.8 Å². The number of hydrogen-bond donors (Lipinski definition) is 3. The summed E-state index contributed by atoms with van der Waals surface area (Å²) in [6.45, 7) is 1.90. The van der Waals surface area contributed by atoms with E-state index in [1.807, 2.05) is 13.0 Å². The van der Waals surface area contributed by atoms with Crippen molar-refractivity contribution in [2.45, 2.75) is 6.92 Å². The summed E-state index contributed by atoms with van der Waals surface area (Å²) in [5.41, 5.74) is 1.77. The standard InChI is InChI=1S/C15H15NO4/c1-9-3-6-14(20-2)11(7-9)16-15(19)10-4-5-12(17)13(18)8-10/h3-8,17-18H,1-2H3,(H,16,19). The highest BCUT2D eigenvalue weighted by Gasteiger charge is 2.11. The van der Waals surface area contributed by atoms with Crippen molar-refractivity contribution in [1.82, 2.24) is 0 Å². The number of aromatic hydroxyl groups is 2. The van der Waals surface area contributed by atoms with Crippen LogP contribution in [-0.4, -0.2) is 23.2 Å². The Balaban J connectivity index is 2.27. The highest BCUT2D eigenvalue weighted by atomic mass is 16.5. The van der Waals surface area contributed by atoms with E-state index >= 15 is 0 Å². The Labute approximate surface area is 116 Å². The van der Waals surface area contributed by atoms with Crippen LogP contribution in [0.15, 0.2) is 36.4 Å². The van der Waals surface area contributed by atoms with Crippen molar-refractivity contribution in [3.05, 3.63) is 47.5 Å². The van der Waals surface area contributed by atoms with E-state index in [1.54, 1.807) is 12.1 Å². The summed E-state index contributed by atoms with van der Waals surface area (Å²) in [5.74, 6) is -0.459. The predicted molar refractivity (Wildman–Crippen MR) is 75.5 cm³/mol. The smallest absolute Gasteiger partial charge is 0.255 e. The van der Waals surface area contributed by atoms with Gasteiger partial charge >= 0.3 is 0 Å². The van der Waals surface area contributed by atoms with E-state index in [1.165, 1.54) is 25.3 Å². The van der Waals surface area contributed by atoms with Crippen molar-refractivity contribution >= 4 is 11.6 Å². The molecule has 0 fully saturated rings. The topological polar surface area (TPSA) is 78.8 Å². The number of ether oxygens (including phenoxy) is 1. The third kappa shape index (κ3) is 2.83. The lowest BCUT2D eigenvalue weighted by molar-refractivity contribution is 0.102. The highest BCUT2D eigenvalue weighted by molar-refractivity contribution is 6.05. The molecule has 0 unspecified atom stereocenters. The Morgan fingerprint density at radius 3 is 2.50 bits per heavy atom. The van der Waals surface area contributed by atoms with Crippen molar-refractivity contribution < 1.29 is 19.7 Å².